The first-order valence-electron chi connectivity index (χ1n) is 8.96. The minimum absolute atomic E-state index is 0.255. The molecule has 2 atom stereocenters. The molecule has 134 valence electrons. The Morgan fingerprint density at radius 3 is 2.62 bits per heavy atom. The molecule has 5 heteroatoms. The van der Waals surface area contributed by atoms with Gasteiger partial charge in [-0.3, -0.25) is 9.80 Å². The predicted molar refractivity (Wildman–Crippen MR) is 94.8 cm³/mol. The maximum Gasteiger partial charge on any atom is 0.161 e. The van der Waals surface area contributed by atoms with E-state index in [9.17, 15) is 5.11 Å². The topological polar surface area (TPSA) is 45.2 Å². The number of aliphatic hydroxyl groups excluding tert-OH is 1. The molecule has 24 heavy (non-hydrogen) atoms. The van der Waals surface area contributed by atoms with Gasteiger partial charge in [-0.05, 0) is 56.0 Å². The molecule has 0 aromatic heterocycles. The smallest absolute Gasteiger partial charge is 0.161 e. The SMILES string of the molecule is COc1cc(C)c(CN2C[C@@H]3CCCN3C[C@@H]2CCO)cc1OC. The normalized spacial score (nSPS) is 24.8. The van der Waals surface area contributed by atoms with Crippen molar-refractivity contribution in [2.24, 2.45) is 0 Å². The van der Waals surface area contributed by atoms with Gasteiger partial charge in [0.15, 0.2) is 11.5 Å². The van der Waals surface area contributed by atoms with Crippen LogP contribution in [0.1, 0.15) is 30.4 Å². The van der Waals surface area contributed by atoms with Crippen LogP contribution in [0, 0.1) is 6.92 Å². The van der Waals surface area contributed by atoms with Gasteiger partial charge in [0.2, 0.25) is 0 Å². The standard InChI is InChI=1S/C19H30N2O3/c1-14-9-18(23-2)19(24-3)10-15(14)11-21-13-16-5-4-7-20(16)12-17(21)6-8-22/h9-10,16-17,22H,4-8,11-13H2,1-3H3/t16-,17-/m0/s1. The maximum absolute atomic E-state index is 9.47. The number of piperazine rings is 1. The number of aryl methyl sites for hydroxylation is 1. The van der Waals surface area contributed by atoms with Crippen molar-refractivity contribution in [3.05, 3.63) is 23.3 Å². The zero-order valence-electron chi connectivity index (χ0n) is 15.1. The fourth-order valence-electron chi connectivity index (χ4n) is 4.18. The van der Waals surface area contributed by atoms with Crippen molar-refractivity contribution in [3.63, 3.8) is 0 Å². The van der Waals surface area contributed by atoms with Crippen LogP contribution in [0.3, 0.4) is 0 Å². The third kappa shape index (κ3) is 3.53. The van der Waals surface area contributed by atoms with Crippen LogP contribution in [-0.4, -0.2) is 67.5 Å². The number of ether oxygens (including phenoxy) is 2. The van der Waals surface area contributed by atoms with Crippen LogP contribution in [0.25, 0.3) is 0 Å². The summed E-state index contributed by atoms with van der Waals surface area (Å²) in [5.41, 5.74) is 2.51. The predicted octanol–water partition coefficient (Wildman–Crippen LogP) is 2.04. The van der Waals surface area contributed by atoms with Gasteiger partial charge in [0, 0.05) is 38.3 Å². The average Bonchev–Trinajstić information content (AvgIpc) is 3.03. The number of benzene rings is 1. The molecule has 1 aromatic carbocycles. The molecule has 2 fully saturated rings. The second kappa shape index (κ2) is 7.72. The third-order valence-corrected chi connectivity index (χ3v) is 5.58. The van der Waals surface area contributed by atoms with E-state index in [-0.39, 0.29) is 6.61 Å². The fraction of sp³-hybridized carbons (Fsp3) is 0.684. The lowest BCUT2D eigenvalue weighted by atomic mass is 10.0. The highest BCUT2D eigenvalue weighted by atomic mass is 16.5. The summed E-state index contributed by atoms with van der Waals surface area (Å²) in [5.74, 6) is 1.57. The van der Waals surface area contributed by atoms with Gasteiger partial charge in [0.25, 0.3) is 0 Å². The Bertz CT molecular complexity index is 564. The van der Waals surface area contributed by atoms with Crippen LogP contribution in [0.5, 0.6) is 11.5 Å². The molecule has 0 radical (unpaired) electrons. The van der Waals surface area contributed by atoms with Crippen molar-refractivity contribution in [3.8, 4) is 11.5 Å². The van der Waals surface area contributed by atoms with Crippen LogP contribution in [0.15, 0.2) is 12.1 Å². The van der Waals surface area contributed by atoms with E-state index in [0.717, 1.165) is 37.6 Å². The lowest BCUT2D eigenvalue weighted by molar-refractivity contribution is 0.0332. The quantitative estimate of drug-likeness (QED) is 0.863. The number of hydrogen-bond acceptors (Lipinski definition) is 5. The van der Waals surface area contributed by atoms with Crippen LogP contribution < -0.4 is 9.47 Å². The molecule has 0 aliphatic carbocycles. The van der Waals surface area contributed by atoms with Crippen LogP contribution in [0.4, 0.5) is 0 Å². The molecule has 0 bridgehead atoms. The monoisotopic (exact) mass is 334 g/mol. The van der Waals surface area contributed by atoms with Crippen molar-refractivity contribution in [1.29, 1.82) is 0 Å². The molecular formula is C19H30N2O3. The Morgan fingerprint density at radius 2 is 1.92 bits per heavy atom. The van der Waals surface area contributed by atoms with Crippen LogP contribution in [-0.2, 0) is 6.54 Å². The summed E-state index contributed by atoms with van der Waals surface area (Å²) in [4.78, 5) is 5.16. The van der Waals surface area contributed by atoms with Gasteiger partial charge in [-0.1, -0.05) is 0 Å². The Hall–Kier alpha value is -1.30. The van der Waals surface area contributed by atoms with Gasteiger partial charge in [-0.15, -0.1) is 0 Å². The average molecular weight is 334 g/mol. The zero-order chi connectivity index (χ0) is 17.1. The molecule has 2 saturated heterocycles. The van der Waals surface area contributed by atoms with E-state index in [1.165, 1.54) is 30.5 Å². The first kappa shape index (κ1) is 17.5. The van der Waals surface area contributed by atoms with Gasteiger partial charge < -0.3 is 14.6 Å². The summed E-state index contributed by atoms with van der Waals surface area (Å²) in [7, 11) is 3.36. The number of aliphatic hydroxyl groups is 1. The van der Waals surface area contributed by atoms with Gasteiger partial charge in [-0.2, -0.15) is 0 Å². The maximum atomic E-state index is 9.47. The molecule has 5 nitrogen and oxygen atoms in total. The van der Waals surface area contributed by atoms with Gasteiger partial charge in [-0.25, -0.2) is 0 Å². The Morgan fingerprint density at radius 1 is 1.17 bits per heavy atom. The number of hydrogen-bond donors (Lipinski definition) is 1. The Kier molecular flexibility index (Phi) is 5.64. The van der Waals surface area contributed by atoms with Gasteiger partial charge >= 0.3 is 0 Å². The fourth-order valence-corrected chi connectivity index (χ4v) is 4.18. The Labute approximate surface area is 145 Å². The van der Waals surface area contributed by atoms with Gasteiger partial charge in [0.05, 0.1) is 14.2 Å². The minimum atomic E-state index is 0.255. The first-order chi connectivity index (χ1) is 11.7. The third-order valence-electron chi connectivity index (χ3n) is 5.58. The summed E-state index contributed by atoms with van der Waals surface area (Å²) in [5, 5.41) is 9.47. The van der Waals surface area contributed by atoms with Crippen molar-refractivity contribution in [2.45, 2.75) is 44.8 Å². The molecule has 2 aliphatic rings. The van der Waals surface area contributed by atoms with Gasteiger partial charge in [0.1, 0.15) is 0 Å². The Balaban J connectivity index is 1.79. The largest absolute Gasteiger partial charge is 0.493 e. The highest BCUT2D eigenvalue weighted by Gasteiger charge is 2.36. The van der Waals surface area contributed by atoms with E-state index < -0.39 is 0 Å². The summed E-state index contributed by atoms with van der Waals surface area (Å²) in [6.07, 6.45) is 3.45. The molecule has 0 saturated carbocycles. The highest BCUT2D eigenvalue weighted by Crippen LogP contribution is 2.32. The highest BCUT2D eigenvalue weighted by molar-refractivity contribution is 5.47. The molecule has 2 aliphatic heterocycles. The first-order valence-corrected chi connectivity index (χ1v) is 8.96. The number of nitrogens with zero attached hydrogens (tertiary/aromatic N) is 2. The van der Waals surface area contributed by atoms with E-state index in [2.05, 4.69) is 28.9 Å². The van der Waals surface area contributed by atoms with E-state index in [4.69, 9.17) is 9.47 Å². The minimum Gasteiger partial charge on any atom is -0.493 e. The van der Waals surface area contributed by atoms with Crippen LogP contribution >= 0.6 is 0 Å². The van der Waals surface area contributed by atoms with Crippen molar-refractivity contribution >= 4 is 0 Å². The molecular weight excluding hydrogens is 304 g/mol. The van der Waals surface area contributed by atoms with Crippen LogP contribution in [0.2, 0.25) is 0 Å². The molecule has 2 heterocycles. The molecule has 0 unspecified atom stereocenters. The molecule has 1 aromatic rings. The van der Waals surface area contributed by atoms with E-state index in [1.807, 2.05) is 0 Å². The van der Waals surface area contributed by atoms with Crippen molar-refractivity contribution < 1.29 is 14.6 Å². The van der Waals surface area contributed by atoms with E-state index >= 15 is 0 Å². The second-order valence-corrected chi connectivity index (χ2v) is 7.02. The number of rotatable bonds is 6. The number of methoxy groups -OCH3 is 2. The zero-order valence-corrected chi connectivity index (χ0v) is 15.1. The number of fused-ring (bicyclic) bond motifs is 1. The van der Waals surface area contributed by atoms with E-state index in [0.29, 0.717) is 12.1 Å². The summed E-state index contributed by atoms with van der Waals surface area (Å²) < 4.78 is 10.9. The second-order valence-electron chi connectivity index (χ2n) is 7.02. The summed E-state index contributed by atoms with van der Waals surface area (Å²) in [6.45, 7) is 6.68. The summed E-state index contributed by atoms with van der Waals surface area (Å²) >= 11 is 0. The lowest BCUT2D eigenvalue weighted by Gasteiger charge is -2.44. The lowest BCUT2D eigenvalue weighted by Crippen LogP contribution is -2.55. The molecule has 0 spiro atoms. The summed E-state index contributed by atoms with van der Waals surface area (Å²) in [6, 6.07) is 5.27. The van der Waals surface area contributed by atoms with Crippen molar-refractivity contribution in [1.82, 2.24) is 9.80 Å². The molecule has 1 N–H and O–H groups in total. The molecule has 0 amide bonds. The molecule has 3 rings (SSSR count). The van der Waals surface area contributed by atoms with E-state index in [1.54, 1.807) is 14.2 Å². The van der Waals surface area contributed by atoms with Crippen molar-refractivity contribution in [2.75, 3.05) is 40.5 Å².